The Hall–Kier alpha value is -1.55. The average Bonchev–Trinajstić information content (AvgIpc) is 2.33. The first-order valence-electron chi connectivity index (χ1n) is 6.01. The molecule has 4 heteroatoms. The summed E-state index contributed by atoms with van der Waals surface area (Å²) in [7, 11) is 0. The first-order valence-corrected chi connectivity index (χ1v) is 6.01. The Bertz CT molecular complexity index is 370. The second-order valence-electron chi connectivity index (χ2n) is 4.36. The lowest BCUT2D eigenvalue weighted by Gasteiger charge is -2.21. The maximum absolute atomic E-state index is 11.7. The van der Waals surface area contributed by atoms with Crippen molar-refractivity contribution in [3.05, 3.63) is 24.3 Å². The van der Waals surface area contributed by atoms with Gasteiger partial charge < -0.3 is 15.8 Å². The van der Waals surface area contributed by atoms with Crippen LogP contribution in [0.15, 0.2) is 24.3 Å². The van der Waals surface area contributed by atoms with Crippen LogP contribution in [0.5, 0.6) is 0 Å². The number of amides is 1. The minimum Gasteiger partial charge on any atom is -0.399 e. The maximum Gasteiger partial charge on any atom is 0.226 e. The van der Waals surface area contributed by atoms with Crippen LogP contribution < -0.4 is 11.1 Å². The van der Waals surface area contributed by atoms with Gasteiger partial charge in [-0.3, -0.25) is 4.79 Å². The van der Waals surface area contributed by atoms with E-state index < -0.39 is 0 Å². The normalized spacial score (nSPS) is 19.9. The van der Waals surface area contributed by atoms with E-state index in [1.54, 1.807) is 24.3 Å². The lowest BCUT2D eigenvalue weighted by molar-refractivity contribution is -0.119. The van der Waals surface area contributed by atoms with Gasteiger partial charge in [0.05, 0.1) is 12.5 Å². The van der Waals surface area contributed by atoms with Crippen molar-refractivity contribution in [1.82, 2.24) is 0 Å². The molecule has 1 amide bonds. The highest BCUT2D eigenvalue weighted by Gasteiger charge is 2.17. The zero-order valence-corrected chi connectivity index (χ0v) is 9.82. The second-order valence-corrected chi connectivity index (χ2v) is 4.36. The van der Waals surface area contributed by atoms with E-state index in [0.717, 1.165) is 31.6 Å². The molecular weight excluding hydrogens is 216 g/mol. The molecule has 1 fully saturated rings. The van der Waals surface area contributed by atoms with Gasteiger partial charge in [-0.25, -0.2) is 0 Å². The molecule has 1 aliphatic heterocycles. The van der Waals surface area contributed by atoms with Gasteiger partial charge in [0, 0.05) is 18.0 Å². The molecule has 1 saturated heterocycles. The van der Waals surface area contributed by atoms with E-state index >= 15 is 0 Å². The summed E-state index contributed by atoms with van der Waals surface area (Å²) >= 11 is 0. The summed E-state index contributed by atoms with van der Waals surface area (Å²) in [6.07, 6.45) is 3.76. The van der Waals surface area contributed by atoms with E-state index in [9.17, 15) is 4.79 Å². The minimum atomic E-state index is 0.00155. The van der Waals surface area contributed by atoms with E-state index in [1.807, 2.05) is 0 Å². The van der Waals surface area contributed by atoms with E-state index in [1.165, 1.54) is 0 Å². The maximum atomic E-state index is 11.7. The molecule has 4 nitrogen and oxygen atoms in total. The molecule has 1 aromatic carbocycles. The highest BCUT2D eigenvalue weighted by Crippen LogP contribution is 2.17. The zero-order valence-electron chi connectivity index (χ0n) is 9.82. The Kier molecular flexibility index (Phi) is 3.98. The van der Waals surface area contributed by atoms with Crippen molar-refractivity contribution >= 4 is 17.3 Å². The summed E-state index contributed by atoms with van der Waals surface area (Å²) in [4.78, 5) is 11.7. The molecule has 0 saturated carbocycles. The number of carbonyl (C=O) groups is 1. The Labute approximate surface area is 101 Å². The molecule has 3 N–H and O–H groups in total. The molecule has 0 spiro atoms. The van der Waals surface area contributed by atoms with Gasteiger partial charge in [-0.15, -0.1) is 0 Å². The summed E-state index contributed by atoms with van der Waals surface area (Å²) in [5, 5.41) is 2.84. The fraction of sp³-hybridized carbons (Fsp3) is 0.462. The van der Waals surface area contributed by atoms with Crippen LogP contribution in [-0.2, 0) is 9.53 Å². The van der Waals surface area contributed by atoms with Crippen LogP contribution >= 0.6 is 0 Å². The number of hydrogen-bond donors (Lipinski definition) is 2. The molecule has 17 heavy (non-hydrogen) atoms. The smallest absolute Gasteiger partial charge is 0.226 e. The average molecular weight is 234 g/mol. The van der Waals surface area contributed by atoms with Gasteiger partial charge >= 0.3 is 0 Å². The lowest BCUT2D eigenvalue weighted by Crippen LogP contribution is -2.25. The lowest BCUT2D eigenvalue weighted by atomic mass is 10.1. The fourth-order valence-electron chi connectivity index (χ4n) is 1.95. The molecule has 92 valence electrons. The van der Waals surface area contributed by atoms with Crippen LogP contribution in [0.3, 0.4) is 0 Å². The van der Waals surface area contributed by atoms with E-state index in [4.69, 9.17) is 10.5 Å². The van der Waals surface area contributed by atoms with Gasteiger partial charge in [0.2, 0.25) is 5.91 Å². The molecule has 1 heterocycles. The molecule has 2 rings (SSSR count). The third-order valence-corrected chi connectivity index (χ3v) is 2.88. The fourth-order valence-corrected chi connectivity index (χ4v) is 1.95. The number of hydrogen-bond acceptors (Lipinski definition) is 3. The summed E-state index contributed by atoms with van der Waals surface area (Å²) in [6, 6.07) is 7.14. The first kappa shape index (κ1) is 11.9. The molecule has 0 radical (unpaired) electrons. The van der Waals surface area contributed by atoms with E-state index in [0.29, 0.717) is 12.1 Å². The predicted molar refractivity (Wildman–Crippen MR) is 67.7 cm³/mol. The van der Waals surface area contributed by atoms with Gasteiger partial charge in [-0.2, -0.15) is 0 Å². The highest BCUT2D eigenvalue weighted by atomic mass is 16.5. The molecule has 1 aliphatic rings. The molecule has 1 atom stereocenters. The van der Waals surface area contributed by atoms with Crippen LogP contribution in [0.25, 0.3) is 0 Å². The SMILES string of the molecule is Nc1ccc(NC(=O)CC2CCCCO2)cc1. The van der Waals surface area contributed by atoms with Crippen LogP contribution in [0, 0.1) is 0 Å². The Morgan fingerprint density at radius 3 is 2.76 bits per heavy atom. The van der Waals surface area contributed by atoms with Crippen LogP contribution in [0.2, 0.25) is 0 Å². The largest absolute Gasteiger partial charge is 0.399 e. The van der Waals surface area contributed by atoms with Gasteiger partial charge in [0.25, 0.3) is 0 Å². The molecule has 0 aromatic heterocycles. The summed E-state index contributed by atoms with van der Waals surface area (Å²) < 4.78 is 5.52. The monoisotopic (exact) mass is 234 g/mol. The number of nitrogens with two attached hydrogens (primary N) is 1. The van der Waals surface area contributed by atoms with Gasteiger partial charge in [0.1, 0.15) is 0 Å². The van der Waals surface area contributed by atoms with Crippen molar-refractivity contribution in [3.8, 4) is 0 Å². The van der Waals surface area contributed by atoms with E-state index in [-0.39, 0.29) is 12.0 Å². The van der Waals surface area contributed by atoms with Gasteiger partial charge in [0.15, 0.2) is 0 Å². The van der Waals surface area contributed by atoms with Gasteiger partial charge in [-0.05, 0) is 43.5 Å². The van der Waals surface area contributed by atoms with Crippen molar-refractivity contribution in [2.75, 3.05) is 17.7 Å². The van der Waals surface area contributed by atoms with Crippen molar-refractivity contribution in [3.63, 3.8) is 0 Å². The molecular formula is C13H18N2O2. The van der Waals surface area contributed by atoms with Gasteiger partial charge in [-0.1, -0.05) is 0 Å². The Morgan fingerprint density at radius 1 is 1.35 bits per heavy atom. The molecule has 0 bridgehead atoms. The van der Waals surface area contributed by atoms with Crippen LogP contribution in [-0.4, -0.2) is 18.6 Å². The third kappa shape index (κ3) is 3.75. The summed E-state index contributed by atoms with van der Waals surface area (Å²) in [6.45, 7) is 0.778. The van der Waals surface area contributed by atoms with Crippen LogP contribution in [0.4, 0.5) is 11.4 Å². The number of carbonyl (C=O) groups excluding carboxylic acids is 1. The number of nitrogens with one attached hydrogen (secondary N) is 1. The number of nitrogen functional groups attached to an aromatic ring is 1. The number of rotatable bonds is 3. The number of ether oxygens (including phenoxy) is 1. The molecule has 0 aliphatic carbocycles. The van der Waals surface area contributed by atoms with Crippen molar-refractivity contribution in [1.29, 1.82) is 0 Å². The first-order chi connectivity index (χ1) is 8.24. The Balaban J connectivity index is 1.82. The number of benzene rings is 1. The summed E-state index contributed by atoms with van der Waals surface area (Å²) in [5.74, 6) is 0.00155. The van der Waals surface area contributed by atoms with Crippen molar-refractivity contribution in [2.24, 2.45) is 0 Å². The quantitative estimate of drug-likeness (QED) is 0.788. The van der Waals surface area contributed by atoms with Crippen LogP contribution in [0.1, 0.15) is 25.7 Å². The van der Waals surface area contributed by atoms with E-state index in [2.05, 4.69) is 5.32 Å². The number of anilines is 2. The Morgan fingerprint density at radius 2 is 2.12 bits per heavy atom. The minimum absolute atomic E-state index is 0.00155. The van der Waals surface area contributed by atoms with Crippen molar-refractivity contribution in [2.45, 2.75) is 31.8 Å². The molecule has 1 unspecified atom stereocenters. The highest BCUT2D eigenvalue weighted by molar-refractivity contribution is 5.91. The zero-order chi connectivity index (χ0) is 12.1. The standard InChI is InChI=1S/C13H18N2O2/c14-10-4-6-11(7-5-10)15-13(16)9-12-3-1-2-8-17-12/h4-7,12H,1-3,8-9,14H2,(H,15,16). The predicted octanol–water partition coefficient (Wildman–Crippen LogP) is 2.17. The summed E-state index contributed by atoms with van der Waals surface area (Å²) in [5.41, 5.74) is 7.05. The second kappa shape index (κ2) is 5.68. The topological polar surface area (TPSA) is 64.3 Å². The third-order valence-electron chi connectivity index (χ3n) is 2.88. The molecule has 1 aromatic rings. The van der Waals surface area contributed by atoms with Crippen molar-refractivity contribution < 1.29 is 9.53 Å².